The third kappa shape index (κ3) is 5.39. The quantitative estimate of drug-likeness (QED) is 0.252. The molecule has 0 spiro atoms. The number of aromatic nitrogens is 1. The molecule has 1 aliphatic carbocycles. The molecule has 0 unspecified atom stereocenters. The van der Waals surface area contributed by atoms with Crippen molar-refractivity contribution >= 4 is 45.6 Å². The molecule has 3 aromatic carbocycles. The van der Waals surface area contributed by atoms with Gasteiger partial charge < -0.3 is 15.4 Å². The van der Waals surface area contributed by atoms with Crippen LogP contribution in [0.4, 0.5) is 11.4 Å². The molecule has 0 atom stereocenters. The zero-order valence-electron chi connectivity index (χ0n) is 20.4. The van der Waals surface area contributed by atoms with E-state index in [-0.39, 0.29) is 11.1 Å². The van der Waals surface area contributed by atoms with Crippen molar-refractivity contribution in [2.24, 2.45) is 0 Å². The highest BCUT2D eigenvalue weighted by atomic mass is 32.1. The van der Waals surface area contributed by atoms with Gasteiger partial charge in [-0.05, 0) is 74.8 Å². The Labute approximate surface area is 217 Å². The summed E-state index contributed by atoms with van der Waals surface area (Å²) in [6.07, 6.45) is 4.65. The molecule has 0 bridgehead atoms. The van der Waals surface area contributed by atoms with Crippen molar-refractivity contribution < 1.29 is 14.1 Å². The molecular weight excluding hydrogens is 466 g/mol. The molecule has 0 aliphatic heterocycles. The maximum absolute atomic E-state index is 13.0. The number of ether oxygens (including phenoxy) is 1. The second kappa shape index (κ2) is 10.9. The Bertz CT molecular complexity index is 1420. The topological polar surface area (TPSA) is 54.2 Å². The number of carbonyl (C=O) groups excluding carboxylic acids is 1. The molecule has 1 aromatic heterocycles. The fraction of sp³-hybridized carbons (Fsp3) is 0.233. The second-order valence-electron chi connectivity index (χ2n) is 9.05. The molecular formula is C30H30N3O2S+. The SMILES string of the molecule is CCOC(=S)Nc1cccc(C(=O)Nc2ccc3c(c2)cc2c([n+]3Cc3ccccc3)CCCC2)c1. The number of thiocarbonyl (C=S) groups is 1. The monoisotopic (exact) mass is 496 g/mol. The van der Waals surface area contributed by atoms with Gasteiger partial charge >= 0.3 is 0 Å². The third-order valence-electron chi connectivity index (χ3n) is 6.54. The van der Waals surface area contributed by atoms with E-state index in [1.165, 1.54) is 35.2 Å². The zero-order valence-corrected chi connectivity index (χ0v) is 21.2. The number of carbonyl (C=O) groups is 1. The molecule has 6 heteroatoms. The average molecular weight is 497 g/mol. The van der Waals surface area contributed by atoms with Crippen molar-refractivity contribution in [1.29, 1.82) is 0 Å². The van der Waals surface area contributed by atoms with Crippen molar-refractivity contribution in [3.8, 4) is 0 Å². The summed E-state index contributed by atoms with van der Waals surface area (Å²) >= 11 is 5.15. The maximum Gasteiger partial charge on any atom is 0.261 e. The minimum absolute atomic E-state index is 0.171. The van der Waals surface area contributed by atoms with Crippen LogP contribution in [-0.4, -0.2) is 17.7 Å². The fourth-order valence-corrected chi connectivity index (χ4v) is 5.11. The third-order valence-corrected chi connectivity index (χ3v) is 6.76. The van der Waals surface area contributed by atoms with E-state index in [9.17, 15) is 4.79 Å². The number of aryl methyl sites for hydroxylation is 1. The predicted octanol–water partition coefficient (Wildman–Crippen LogP) is 6.04. The lowest BCUT2D eigenvalue weighted by atomic mass is 9.93. The largest absolute Gasteiger partial charge is 0.471 e. The smallest absolute Gasteiger partial charge is 0.261 e. The Morgan fingerprint density at radius 1 is 0.917 bits per heavy atom. The average Bonchev–Trinajstić information content (AvgIpc) is 2.89. The molecule has 1 amide bonds. The van der Waals surface area contributed by atoms with Gasteiger partial charge in [0.1, 0.15) is 0 Å². The predicted molar refractivity (Wildman–Crippen MR) is 149 cm³/mol. The summed E-state index contributed by atoms with van der Waals surface area (Å²) in [5.74, 6) is -0.171. The molecule has 1 heterocycles. The molecule has 1 aliphatic rings. The molecule has 2 N–H and O–H groups in total. The van der Waals surface area contributed by atoms with Crippen molar-refractivity contribution in [3.63, 3.8) is 0 Å². The van der Waals surface area contributed by atoms with Gasteiger partial charge in [0.2, 0.25) is 5.52 Å². The van der Waals surface area contributed by atoms with Gasteiger partial charge in [-0.25, -0.2) is 0 Å². The molecule has 5 nitrogen and oxygen atoms in total. The van der Waals surface area contributed by atoms with Crippen LogP contribution in [0.25, 0.3) is 10.9 Å². The Hall–Kier alpha value is -3.77. The Morgan fingerprint density at radius 3 is 2.56 bits per heavy atom. The number of nitrogens with zero attached hydrogens (tertiary/aromatic N) is 1. The summed E-state index contributed by atoms with van der Waals surface area (Å²) in [6, 6.07) is 26.3. The van der Waals surface area contributed by atoms with Crippen LogP contribution >= 0.6 is 12.2 Å². The van der Waals surface area contributed by atoms with Crippen LogP contribution in [0.3, 0.4) is 0 Å². The number of nitrogens with one attached hydrogen (secondary N) is 2. The highest BCUT2D eigenvalue weighted by molar-refractivity contribution is 7.80. The number of benzene rings is 3. The summed E-state index contributed by atoms with van der Waals surface area (Å²) in [5.41, 5.74) is 7.36. The summed E-state index contributed by atoms with van der Waals surface area (Å²) < 4.78 is 7.75. The van der Waals surface area contributed by atoms with Crippen molar-refractivity contribution in [2.45, 2.75) is 39.2 Å². The van der Waals surface area contributed by atoms with Crippen LogP contribution in [0.5, 0.6) is 0 Å². The number of hydrogen-bond acceptors (Lipinski definition) is 3. The van der Waals surface area contributed by atoms with Gasteiger partial charge in [0.05, 0.1) is 6.61 Å². The fourth-order valence-electron chi connectivity index (χ4n) is 4.88. The molecule has 0 saturated heterocycles. The molecule has 4 aromatic rings. The molecule has 36 heavy (non-hydrogen) atoms. The summed E-state index contributed by atoms with van der Waals surface area (Å²) in [5, 5.41) is 7.50. The lowest BCUT2D eigenvalue weighted by molar-refractivity contribution is -0.670. The minimum atomic E-state index is -0.171. The summed E-state index contributed by atoms with van der Waals surface area (Å²) in [6.45, 7) is 3.21. The first-order valence-electron chi connectivity index (χ1n) is 12.5. The number of anilines is 2. The minimum Gasteiger partial charge on any atom is -0.471 e. The molecule has 0 saturated carbocycles. The molecule has 182 valence electrons. The van der Waals surface area contributed by atoms with Gasteiger partial charge in [-0.3, -0.25) is 4.79 Å². The first-order chi connectivity index (χ1) is 17.6. The molecule has 5 rings (SSSR count). The molecule has 0 radical (unpaired) electrons. The van der Waals surface area contributed by atoms with Crippen molar-refractivity contribution in [3.05, 3.63) is 101 Å². The van der Waals surface area contributed by atoms with Gasteiger partial charge in [-0.2, -0.15) is 4.57 Å². The standard InChI is InChI=1S/C30H29N3O2S/c1-2-35-30(36)32-25-13-8-12-23(18-25)29(34)31-26-15-16-28-24(19-26)17-22-11-6-7-14-27(22)33(28)20-21-9-4-3-5-10-21/h3-5,8-10,12-13,15-19H,2,6-7,11,14,20H2,1H3,(H-,31,32,34,36)/p+1. The Kier molecular flexibility index (Phi) is 7.23. The first-order valence-corrected chi connectivity index (χ1v) is 12.9. The van der Waals surface area contributed by atoms with Crippen LogP contribution in [0.1, 0.15) is 46.9 Å². The van der Waals surface area contributed by atoms with Crippen LogP contribution in [-0.2, 0) is 24.1 Å². The van der Waals surface area contributed by atoms with E-state index in [0.29, 0.717) is 17.9 Å². The zero-order chi connectivity index (χ0) is 24.9. The highest BCUT2D eigenvalue weighted by Crippen LogP contribution is 2.26. The number of pyridine rings is 1. The maximum atomic E-state index is 13.0. The van der Waals surface area contributed by atoms with E-state index in [0.717, 1.165) is 30.5 Å². The van der Waals surface area contributed by atoms with E-state index in [1.54, 1.807) is 12.1 Å². The lowest BCUT2D eigenvalue weighted by Crippen LogP contribution is -2.42. The van der Waals surface area contributed by atoms with E-state index >= 15 is 0 Å². The second-order valence-corrected chi connectivity index (χ2v) is 9.42. The van der Waals surface area contributed by atoms with Gasteiger partial charge in [0, 0.05) is 45.9 Å². The van der Waals surface area contributed by atoms with Gasteiger partial charge in [0.15, 0.2) is 12.2 Å². The van der Waals surface area contributed by atoms with Gasteiger partial charge in [0.25, 0.3) is 11.1 Å². The Morgan fingerprint density at radius 2 is 1.72 bits per heavy atom. The van der Waals surface area contributed by atoms with Gasteiger partial charge in [-0.1, -0.05) is 36.4 Å². The first kappa shape index (κ1) is 23.9. The van der Waals surface area contributed by atoms with E-state index in [4.69, 9.17) is 17.0 Å². The molecule has 0 fully saturated rings. The number of amides is 1. The highest BCUT2D eigenvalue weighted by Gasteiger charge is 2.24. The number of rotatable bonds is 6. The van der Waals surface area contributed by atoms with Crippen molar-refractivity contribution in [1.82, 2.24) is 0 Å². The van der Waals surface area contributed by atoms with E-state index in [1.807, 2.05) is 25.1 Å². The van der Waals surface area contributed by atoms with Crippen LogP contribution in [0.15, 0.2) is 78.9 Å². The number of hydrogen-bond donors (Lipinski definition) is 2. The summed E-state index contributed by atoms with van der Waals surface area (Å²) in [4.78, 5) is 13.0. The number of fused-ring (bicyclic) bond motifs is 2. The lowest BCUT2D eigenvalue weighted by Gasteiger charge is -2.17. The van der Waals surface area contributed by atoms with Crippen LogP contribution in [0.2, 0.25) is 0 Å². The summed E-state index contributed by atoms with van der Waals surface area (Å²) in [7, 11) is 0. The van der Waals surface area contributed by atoms with Crippen LogP contribution < -0.4 is 15.2 Å². The van der Waals surface area contributed by atoms with Crippen molar-refractivity contribution in [2.75, 3.05) is 17.2 Å². The van der Waals surface area contributed by atoms with Gasteiger partial charge in [-0.15, -0.1) is 0 Å². The normalized spacial score (nSPS) is 12.6. The van der Waals surface area contributed by atoms with E-state index in [2.05, 4.69) is 63.7 Å². The Balaban J connectivity index is 1.42. The van der Waals surface area contributed by atoms with E-state index < -0.39 is 0 Å². The van der Waals surface area contributed by atoms with Crippen LogP contribution in [0, 0.1) is 0 Å².